The van der Waals surface area contributed by atoms with Crippen LogP contribution in [0.3, 0.4) is 0 Å². The largest absolute Gasteiger partial charge is 0.383 e. The summed E-state index contributed by atoms with van der Waals surface area (Å²) in [6.45, 7) is 4.08. The molecule has 7 heteroatoms. The van der Waals surface area contributed by atoms with E-state index in [2.05, 4.69) is 10.00 Å². The van der Waals surface area contributed by atoms with E-state index in [9.17, 15) is 9.59 Å². The first kappa shape index (κ1) is 21.0. The number of aromatic nitrogens is 2. The molecule has 2 aliphatic rings. The van der Waals surface area contributed by atoms with Gasteiger partial charge in [0.15, 0.2) is 5.69 Å². The van der Waals surface area contributed by atoms with Gasteiger partial charge in [0, 0.05) is 38.7 Å². The van der Waals surface area contributed by atoms with Crippen molar-refractivity contribution >= 4 is 16.7 Å². The summed E-state index contributed by atoms with van der Waals surface area (Å²) in [6, 6.07) is 7.81. The van der Waals surface area contributed by atoms with Crippen molar-refractivity contribution in [2.75, 3.05) is 39.9 Å². The fraction of sp³-hybridized carbons (Fsp3) is 0.609. The predicted octanol–water partition coefficient (Wildman–Crippen LogP) is 2.29. The Morgan fingerprint density at radius 3 is 2.73 bits per heavy atom. The average Bonchev–Trinajstić information content (AvgIpc) is 2.78. The molecule has 2 fully saturated rings. The van der Waals surface area contributed by atoms with E-state index in [1.165, 1.54) is 43.5 Å². The zero-order valence-corrected chi connectivity index (χ0v) is 18.0. The first-order valence-corrected chi connectivity index (χ1v) is 11.1. The Morgan fingerprint density at radius 2 is 1.93 bits per heavy atom. The Labute approximate surface area is 177 Å². The fourth-order valence-electron chi connectivity index (χ4n) is 5.16. The van der Waals surface area contributed by atoms with E-state index in [-0.39, 0.29) is 11.5 Å². The van der Waals surface area contributed by atoms with Crippen LogP contribution in [-0.4, -0.2) is 71.4 Å². The average molecular weight is 413 g/mol. The zero-order valence-electron chi connectivity index (χ0n) is 18.0. The van der Waals surface area contributed by atoms with Gasteiger partial charge in [0.05, 0.1) is 12.0 Å². The maximum absolute atomic E-state index is 13.6. The van der Waals surface area contributed by atoms with Crippen LogP contribution in [0.2, 0.25) is 0 Å². The second-order valence-electron chi connectivity index (χ2n) is 8.57. The topological polar surface area (TPSA) is 67.7 Å². The molecular weight excluding hydrogens is 380 g/mol. The van der Waals surface area contributed by atoms with Crippen molar-refractivity contribution in [3.8, 4) is 0 Å². The lowest BCUT2D eigenvalue weighted by atomic mass is 9.83. The van der Waals surface area contributed by atoms with Crippen molar-refractivity contribution in [1.82, 2.24) is 19.6 Å². The third kappa shape index (κ3) is 4.14. The summed E-state index contributed by atoms with van der Waals surface area (Å²) in [7, 11) is 3.26. The Morgan fingerprint density at radius 1 is 1.17 bits per heavy atom. The van der Waals surface area contributed by atoms with Crippen LogP contribution in [0.15, 0.2) is 29.1 Å². The minimum atomic E-state index is -0.185. The molecule has 30 heavy (non-hydrogen) atoms. The van der Waals surface area contributed by atoms with Crippen molar-refractivity contribution in [2.45, 2.75) is 38.1 Å². The molecule has 2 saturated heterocycles. The molecule has 0 unspecified atom stereocenters. The monoisotopic (exact) mass is 412 g/mol. The smallest absolute Gasteiger partial charge is 0.275 e. The molecule has 0 bridgehead atoms. The third-order valence-electron chi connectivity index (χ3n) is 6.70. The van der Waals surface area contributed by atoms with E-state index < -0.39 is 0 Å². The van der Waals surface area contributed by atoms with Gasteiger partial charge in [-0.25, -0.2) is 4.68 Å². The van der Waals surface area contributed by atoms with E-state index in [0.29, 0.717) is 48.1 Å². The molecule has 1 aromatic heterocycles. The van der Waals surface area contributed by atoms with Crippen molar-refractivity contribution in [3.05, 3.63) is 40.3 Å². The summed E-state index contributed by atoms with van der Waals surface area (Å²) >= 11 is 0. The first-order valence-electron chi connectivity index (χ1n) is 11.1. The Bertz CT molecular complexity index is 955. The SMILES string of the molecule is COCCN(C[C@@H]1CCCN2CCCC[C@H]12)C(=O)c1nn(C)c(=O)c2ccccc12. The first-order chi connectivity index (χ1) is 14.6. The van der Waals surface area contributed by atoms with Crippen LogP contribution in [0.1, 0.15) is 42.6 Å². The molecule has 1 amide bonds. The molecule has 0 saturated carbocycles. The number of benzene rings is 1. The van der Waals surface area contributed by atoms with Crippen molar-refractivity contribution in [3.63, 3.8) is 0 Å². The number of carbonyl (C=O) groups is 1. The summed E-state index contributed by atoms with van der Waals surface area (Å²) in [5.74, 6) is 0.352. The minimum Gasteiger partial charge on any atom is -0.383 e. The number of rotatable bonds is 6. The van der Waals surface area contributed by atoms with Gasteiger partial charge in [-0.05, 0) is 50.8 Å². The number of hydrogen-bond acceptors (Lipinski definition) is 5. The number of carbonyl (C=O) groups excluding carboxylic acids is 1. The highest BCUT2D eigenvalue weighted by molar-refractivity contribution is 6.04. The normalized spacial score (nSPS) is 22.1. The standard InChI is InChI=1S/C23H32N4O3/c1-25-22(28)19-10-4-3-9-18(19)21(24-25)23(29)27(14-15-30-2)16-17-8-7-13-26-12-6-5-11-20(17)26/h3-4,9-10,17,20H,5-8,11-16H2,1-2H3/t17-,20+/m0/s1. The number of aryl methyl sites for hydroxylation is 1. The van der Waals surface area contributed by atoms with E-state index in [4.69, 9.17) is 4.74 Å². The van der Waals surface area contributed by atoms with Gasteiger partial charge >= 0.3 is 0 Å². The van der Waals surface area contributed by atoms with Gasteiger partial charge in [-0.2, -0.15) is 5.10 Å². The molecule has 3 heterocycles. The second-order valence-corrected chi connectivity index (χ2v) is 8.57. The highest BCUT2D eigenvalue weighted by Gasteiger charge is 2.35. The number of amides is 1. The molecule has 0 N–H and O–H groups in total. The zero-order chi connectivity index (χ0) is 21.1. The van der Waals surface area contributed by atoms with Crippen LogP contribution in [0.25, 0.3) is 10.8 Å². The van der Waals surface area contributed by atoms with Gasteiger partial charge in [0.1, 0.15) is 0 Å². The van der Waals surface area contributed by atoms with Gasteiger partial charge in [-0.15, -0.1) is 0 Å². The van der Waals surface area contributed by atoms with Gasteiger partial charge in [-0.1, -0.05) is 24.6 Å². The molecular formula is C23H32N4O3. The molecule has 0 radical (unpaired) electrons. The number of ether oxygens (including phenoxy) is 1. The Balaban J connectivity index is 1.64. The molecule has 2 aliphatic heterocycles. The minimum absolute atomic E-state index is 0.119. The maximum Gasteiger partial charge on any atom is 0.275 e. The van der Waals surface area contributed by atoms with Crippen molar-refractivity contribution in [1.29, 1.82) is 0 Å². The number of piperidine rings is 2. The highest BCUT2D eigenvalue weighted by atomic mass is 16.5. The van der Waals surface area contributed by atoms with Gasteiger partial charge in [-0.3, -0.25) is 9.59 Å². The predicted molar refractivity (Wildman–Crippen MR) is 117 cm³/mol. The molecule has 0 spiro atoms. The van der Waals surface area contributed by atoms with Gasteiger partial charge < -0.3 is 14.5 Å². The molecule has 162 valence electrons. The van der Waals surface area contributed by atoms with Crippen LogP contribution in [0.5, 0.6) is 0 Å². The molecule has 2 aromatic rings. The van der Waals surface area contributed by atoms with E-state index in [1.54, 1.807) is 20.2 Å². The van der Waals surface area contributed by atoms with Crippen LogP contribution < -0.4 is 5.56 Å². The maximum atomic E-state index is 13.6. The second kappa shape index (κ2) is 9.27. The summed E-state index contributed by atoms with van der Waals surface area (Å²) < 4.78 is 6.58. The summed E-state index contributed by atoms with van der Waals surface area (Å²) in [5, 5.41) is 5.52. The van der Waals surface area contributed by atoms with E-state index in [0.717, 1.165) is 6.42 Å². The van der Waals surface area contributed by atoms with Crippen molar-refractivity contribution < 1.29 is 9.53 Å². The fourth-order valence-corrected chi connectivity index (χ4v) is 5.16. The summed E-state index contributed by atoms with van der Waals surface area (Å²) in [5.41, 5.74) is 0.163. The van der Waals surface area contributed by atoms with E-state index in [1.807, 2.05) is 23.1 Å². The molecule has 7 nitrogen and oxygen atoms in total. The molecule has 0 aliphatic carbocycles. The molecule has 2 atom stereocenters. The lowest BCUT2D eigenvalue weighted by molar-refractivity contribution is 0.0313. The Hall–Kier alpha value is -2.25. The highest BCUT2D eigenvalue weighted by Crippen LogP contribution is 2.31. The van der Waals surface area contributed by atoms with Crippen LogP contribution in [-0.2, 0) is 11.8 Å². The quantitative estimate of drug-likeness (QED) is 0.728. The van der Waals surface area contributed by atoms with Crippen LogP contribution in [0, 0.1) is 5.92 Å². The number of nitrogens with zero attached hydrogens (tertiary/aromatic N) is 4. The lowest BCUT2D eigenvalue weighted by Gasteiger charge is -2.45. The van der Waals surface area contributed by atoms with Crippen molar-refractivity contribution in [2.24, 2.45) is 13.0 Å². The lowest BCUT2D eigenvalue weighted by Crippen LogP contribution is -2.52. The summed E-state index contributed by atoms with van der Waals surface area (Å²) in [6.07, 6.45) is 6.12. The molecule has 4 rings (SSSR count). The van der Waals surface area contributed by atoms with Gasteiger partial charge in [0.25, 0.3) is 11.5 Å². The van der Waals surface area contributed by atoms with Gasteiger partial charge in [0.2, 0.25) is 0 Å². The number of methoxy groups -OCH3 is 1. The Kier molecular flexibility index (Phi) is 6.49. The summed E-state index contributed by atoms with van der Waals surface area (Å²) in [4.78, 5) is 30.6. The molecule has 1 aromatic carbocycles. The van der Waals surface area contributed by atoms with Crippen LogP contribution >= 0.6 is 0 Å². The van der Waals surface area contributed by atoms with Crippen LogP contribution in [0.4, 0.5) is 0 Å². The third-order valence-corrected chi connectivity index (χ3v) is 6.70. The number of fused-ring (bicyclic) bond motifs is 2. The van der Waals surface area contributed by atoms with E-state index >= 15 is 0 Å². The number of hydrogen-bond donors (Lipinski definition) is 0.